The molecule has 168 valence electrons. The van der Waals surface area contributed by atoms with Crippen LogP contribution in [0.15, 0.2) is 65.8 Å². The lowest BCUT2D eigenvalue weighted by molar-refractivity contribution is -0.120. The predicted octanol–water partition coefficient (Wildman–Crippen LogP) is 3.59. The molecule has 2 heterocycles. The van der Waals surface area contributed by atoms with E-state index in [4.69, 9.17) is 0 Å². The number of hydrogen-bond donors (Lipinski definition) is 1. The Morgan fingerprint density at radius 1 is 1.06 bits per heavy atom. The van der Waals surface area contributed by atoms with Gasteiger partial charge >= 0.3 is 0 Å². The van der Waals surface area contributed by atoms with E-state index in [1.807, 2.05) is 61.1 Å². The Balaban J connectivity index is 1.36. The summed E-state index contributed by atoms with van der Waals surface area (Å²) in [6.45, 7) is 5.18. The minimum Gasteiger partial charge on any atom is -0.326 e. The van der Waals surface area contributed by atoms with Gasteiger partial charge in [0.2, 0.25) is 15.9 Å². The van der Waals surface area contributed by atoms with Gasteiger partial charge < -0.3 is 5.32 Å². The number of aryl methyl sites for hydroxylation is 2. The van der Waals surface area contributed by atoms with E-state index in [1.165, 1.54) is 4.31 Å². The van der Waals surface area contributed by atoms with Crippen molar-refractivity contribution in [1.29, 1.82) is 0 Å². The number of carbonyl (C=O) groups is 1. The Kier molecular flexibility index (Phi) is 6.43. The molecule has 2 aromatic carbocycles. The number of nitrogens with one attached hydrogen (secondary N) is 1. The zero-order valence-electron chi connectivity index (χ0n) is 18.4. The fourth-order valence-corrected chi connectivity index (χ4v) is 5.51. The molecule has 0 unspecified atom stereocenters. The van der Waals surface area contributed by atoms with E-state index in [2.05, 4.69) is 10.4 Å². The number of aromatic nitrogens is 2. The molecule has 1 aliphatic rings. The number of anilines is 1. The van der Waals surface area contributed by atoms with Gasteiger partial charge in [-0.25, -0.2) is 8.42 Å². The van der Waals surface area contributed by atoms with Gasteiger partial charge in [0.25, 0.3) is 0 Å². The van der Waals surface area contributed by atoms with Gasteiger partial charge in [0.15, 0.2) is 0 Å². The van der Waals surface area contributed by atoms with Crippen LogP contribution in [-0.4, -0.2) is 41.5 Å². The second-order valence-electron chi connectivity index (χ2n) is 8.32. The zero-order valence-corrected chi connectivity index (χ0v) is 19.2. The molecule has 4 rings (SSSR count). The van der Waals surface area contributed by atoms with E-state index in [0.717, 1.165) is 22.4 Å². The summed E-state index contributed by atoms with van der Waals surface area (Å²) in [6, 6.07) is 14.8. The molecule has 0 bridgehead atoms. The van der Waals surface area contributed by atoms with Gasteiger partial charge in [0.05, 0.1) is 11.4 Å². The van der Waals surface area contributed by atoms with Crippen molar-refractivity contribution in [2.75, 3.05) is 18.4 Å². The van der Waals surface area contributed by atoms with Crippen molar-refractivity contribution in [3.05, 3.63) is 77.6 Å². The zero-order chi connectivity index (χ0) is 22.7. The topological polar surface area (TPSA) is 84.3 Å². The van der Waals surface area contributed by atoms with Crippen LogP contribution in [0.4, 0.5) is 5.69 Å². The van der Waals surface area contributed by atoms with Crippen molar-refractivity contribution in [1.82, 2.24) is 14.1 Å². The maximum Gasteiger partial charge on any atom is 0.243 e. The van der Waals surface area contributed by atoms with Crippen LogP contribution in [0, 0.1) is 19.8 Å². The average molecular weight is 453 g/mol. The third kappa shape index (κ3) is 4.92. The van der Waals surface area contributed by atoms with Gasteiger partial charge in [-0.2, -0.15) is 9.40 Å². The molecule has 1 saturated heterocycles. The number of carbonyl (C=O) groups excluding carboxylic acids is 1. The quantitative estimate of drug-likeness (QED) is 0.620. The standard InChI is InChI=1S/C24H28N4O3S/c1-18-7-8-23(15-19(18)2)32(30,31)28-13-9-21(10-14-28)24(29)26-22-6-3-5-20(16-22)17-27-12-4-11-25-27/h3-8,11-12,15-16,21H,9-10,13-14,17H2,1-2H3,(H,26,29). The van der Waals surface area contributed by atoms with Crippen molar-refractivity contribution in [3.8, 4) is 0 Å². The van der Waals surface area contributed by atoms with Gasteiger partial charge in [-0.3, -0.25) is 9.48 Å². The first-order chi connectivity index (χ1) is 15.3. The van der Waals surface area contributed by atoms with Crippen LogP contribution in [0.3, 0.4) is 0 Å². The Bertz CT molecular complexity index is 1200. The first kappa shape index (κ1) is 22.2. The van der Waals surface area contributed by atoms with Crippen molar-refractivity contribution in [2.24, 2.45) is 5.92 Å². The molecule has 1 fully saturated rings. The van der Waals surface area contributed by atoms with Gasteiger partial charge in [-0.05, 0) is 73.7 Å². The molecule has 0 saturated carbocycles. The van der Waals surface area contributed by atoms with Crippen molar-refractivity contribution >= 4 is 21.6 Å². The van der Waals surface area contributed by atoms with Crippen molar-refractivity contribution < 1.29 is 13.2 Å². The lowest BCUT2D eigenvalue weighted by atomic mass is 9.97. The summed E-state index contributed by atoms with van der Waals surface area (Å²) in [5.74, 6) is -0.277. The lowest BCUT2D eigenvalue weighted by Crippen LogP contribution is -2.41. The van der Waals surface area contributed by atoms with Crippen LogP contribution in [0.2, 0.25) is 0 Å². The SMILES string of the molecule is Cc1ccc(S(=O)(=O)N2CCC(C(=O)Nc3cccc(Cn4cccn4)c3)CC2)cc1C. The smallest absolute Gasteiger partial charge is 0.243 e. The first-order valence-electron chi connectivity index (χ1n) is 10.8. The highest BCUT2D eigenvalue weighted by molar-refractivity contribution is 7.89. The Morgan fingerprint density at radius 2 is 1.84 bits per heavy atom. The number of rotatable bonds is 6. The van der Waals surface area contributed by atoms with E-state index in [9.17, 15) is 13.2 Å². The Hall–Kier alpha value is -2.97. The Morgan fingerprint density at radius 3 is 2.53 bits per heavy atom. The molecule has 8 heteroatoms. The van der Waals surface area contributed by atoms with E-state index < -0.39 is 10.0 Å². The van der Waals surface area contributed by atoms with E-state index >= 15 is 0 Å². The Labute approximate surface area is 189 Å². The highest BCUT2D eigenvalue weighted by atomic mass is 32.2. The fraction of sp³-hybridized carbons (Fsp3) is 0.333. The second kappa shape index (κ2) is 9.26. The number of piperidine rings is 1. The van der Waals surface area contributed by atoms with E-state index in [-0.39, 0.29) is 11.8 Å². The molecule has 1 N–H and O–H groups in total. The molecule has 1 aromatic heterocycles. The first-order valence-corrected chi connectivity index (χ1v) is 12.2. The van der Waals surface area contributed by atoms with Crippen molar-refractivity contribution in [3.63, 3.8) is 0 Å². The summed E-state index contributed by atoms with van der Waals surface area (Å²) in [5.41, 5.74) is 3.80. The fourth-order valence-electron chi connectivity index (χ4n) is 3.95. The summed E-state index contributed by atoms with van der Waals surface area (Å²) in [6.07, 6.45) is 4.63. The van der Waals surface area contributed by atoms with E-state index in [1.54, 1.807) is 18.3 Å². The molecular weight excluding hydrogens is 424 g/mol. The molecule has 0 atom stereocenters. The van der Waals surface area contributed by atoms with Crippen LogP contribution in [0.1, 0.15) is 29.5 Å². The number of hydrogen-bond acceptors (Lipinski definition) is 4. The van der Waals surface area contributed by atoms with Gasteiger partial charge in [0.1, 0.15) is 0 Å². The lowest BCUT2D eigenvalue weighted by Gasteiger charge is -2.30. The summed E-state index contributed by atoms with van der Waals surface area (Å²) in [5, 5.41) is 7.20. The molecule has 7 nitrogen and oxygen atoms in total. The maximum atomic E-state index is 13.0. The van der Waals surface area contributed by atoms with Gasteiger partial charge in [-0.15, -0.1) is 0 Å². The minimum atomic E-state index is -3.55. The average Bonchev–Trinajstić information content (AvgIpc) is 3.29. The van der Waals surface area contributed by atoms with Gasteiger partial charge in [-0.1, -0.05) is 18.2 Å². The van der Waals surface area contributed by atoms with Crippen LogP contribution < -0.4 is 5.32 Å². The molecule has 0 aliphatic carbocycles. The largest absolute Gasteiger partial charge is 0.326 e. The molecular formula is C24H28N4O3S. The highest BCUT2D eigenvalue weighted by Crippen LogP contribution is 2.26. The maximum absolute atomic E-state index is 13.0. The second-order valence-corrected chi connectivity index (χ2v) is 10.3. The summed E-state index contributed by atoms with van der Waals surface area (Å²) < 4.78 is 29.3. The molecule has 1 amide bonds. The normalized spacial score (nSPS) is 15.6. The van der Waals surface area contributed by atoms with Crippen LogP contribution >= 0.6 is 0 Å². The molecule has 3 aromatic rings. The molecule has 32 heavy (non-hydrogen) atoms. The van der Waals surface area contributed by atoms with Crippen LogP contribution in [0.25, 0.3) is 0 Å². The molecule has 0 radical (unpaired) electrons. The van der Waals surface area contributed by atoms with Crippen LogP contribution in [0.5, 0.6) is 0 Å². The monoisotopic (exact) mass is 452 g/mol. The summed E-state index contributed by atoms with van der Waals surface area (Å²) in [7, 11) is -3.55. The van der Waals surface area contributed by atoms with Gasteiger partial charge in [0, 0.05) is 37.1 Å². The van der Waals surface area contributed by atoms with Crippen LogP contribution in [-0.2, 0) is 21.4 Å². The number of amides is 1. The summed E-state index contributed by atoms with van der Waals surface area (Å²) >= 11 is 0. The van der Waals surface area contributed by atoms with E-state index in [0.29, 0.717) is 37.4 Å². The summed E-state index contributed by atoms with van der Waals surface area (Å²) in [4.78, 5) is 13.1. The predicted molar refractivity (Wildman–Crippen MR) is 124 cm³/mol. The number of sulfonamides is 1. The molecule has 0 spiro atoms. The number of benzene rings is 2. The molecule has 1 aliphatic heterocycles. The third-order valence-corrected chi connectivity index (χ3v) is 7.93. The third-order valence-electron chi connectivity index (χ3n) is 6.04. The number of nitrogens with zero attached hydrogens (tertiary/aromatic N) is 3. The highest BCUT2D eigenvalue weighted by Gasteiger charge is 2.32. The minimum absolute atomic E-state index is 0.0653. The van der Waals surface area contributed by atoms with Crippen molar-refractivity contribution in [2.45, 2.75) is 38.1 Å².